The van der Waals surface area contributed by atoms with Gasteiger partial charge in [-0.3, -0.25) is 19.7 Å². The van der Waals surface area contributed by atoms with Gasteiger partial charge >= 0.3 is 0 Å². The summed E-state index contributed by atoms with van der Waals surface area (Å²) in [5.74, 6) is -0.314. The molecule has 0 spiro atoms. The van der Waals surface area contributed by atoms with Crippen LogP contribution in [0.1, 0.15) is 21.7 Å². The molecule has 0 radical (unpaired) electrons. The van der Waals surface area contributed by atoms with Gasteiger partial charge in [0.15, 0.2) is 5.13 Å². The zero-order chi connectivity index (χ0) is 18.8. The maximum atomic E-state index is 12.7. The molecule has 0 aromatic carbocycles. The number of aromatic nitrogens is 6. The van der Waals surface area contributed by atoms with Crippen LogP contribution in [0.25, 0.3) is 17.1 Å². The Morgan fingerprint density at radius 3 is 2.63 bits per heavy atom. The van der Waals surface area contributed by atoms with Gasteiger partial charge < -0.3 is 0 Å². The molecule has 4 heterocycles. The second kappa shape index (κ2) is 7.04. The third-order valence-electron chi connectivity index (χ3n) is 3.78. The van der Waals surface area contributed by atoms with E-state index >= 15 is 0 Å². The minimum Gasteiger partial charge on any atom is -0.296 e. The van der Waals surface area contributed by atoms with Crippen LogP contribution in [-0.2, 0) is 0 Å². The Kier molecular flexibility index (Phi) is 4.43. The lowest BCUT2D eigenvalue weighted by Crippen LogP contribution is -2.16. The second-order valence-corrected chi connectivity index (χ2v) is 6.77. The Balaban J connectivity index is 1.57. The van der Waals surface area contributed by atoms with E-state index in [1.165, 1.54) is 23.9 Å². The van der Waals surface area contributed by atoms with Crippen molar-refractivity contribution in [2.45, 2.75) is 13.8 Å². The molecule has 9 heteroatoms. The summed E-state index contributed by atoms with van der Waals surface area (Å²) in [5.41, 5.74) is 4.58. The monoisotopic (exact) mass is 377 g/mol. The van der Waals surface area contributed by atoms with Gasteiger partial charge in [-0.2, -0.15) is 0 Å². The van der Waals surface area contributed by atoms with Crippen LogP contribution in [0, 0.1) is 13.8 Å². The average Bonchev–Trinajstić information content (AvgIpc) is 3.31. The van der Waals surface area contributed by atoms with Crippen molar-refractivity contribution in [3.05, 3.63) is 65.7 Å². The van der Waals surface area contributed by atoms with Crippen molar-refractivity contribution in [3.63, 3.8) is 0 Å². The highest BCUT2D eigenvalue weighted by atomic mass is 32.1. The molecular formula is C18H15N7OS. The Morgan fingerprint density at radius 1 is 1.04 bits per heavy atom. The van der Waals surface area contributed by atoms with Gasteiger partial charge in [-0.25, -0.2) is 19.9 Å². The van der Waals surface area contributed by atoms with E-state index in [4.69, 9.17) is 0 Å². The predicted molar refractivity (Wildman–Crippen MR) is 102 cm³/mol. The van der Waals surface area contributed by atoms with E-state index in [0.717, 1.165) is 22.6 Å². The van der Waals surface area contributed by atoms with Crippen LogP contribution in [0.3, 0.4) is 0 Å². The summed E-state index contributed by atoms with van der Waals surface area (Å²) in [6, 6.07) is 3.98. The average molecular weight is 377 g/mol. The summed E-state index contributed by atoms with van der Waals surface area (Å²) in [6.07, 6.45) is 7.68. The van der Waals surface area contributed by atoms with Gasteiger partial charge in [0.25, 0.3) is 5.91 Å². The number of carbonyl (C=O) groups is 1. The lowest BCUT2D eigenvalue weighted by Gasteiger charge is -2.06. The minimum atomic E-state index is -0.314. The van der Waals surface area contributed by atoms with Crippen molar-refractivity contribution in [1.29, 1.82) is 0 Å². The largest absolute Gasteiger partial charge is 0.296 e. The molecular weight excluding hydrogens is 362 g/mol. The fraction of sp³-hybridized carbons (Fsp3) is 0.111. The summed E-state index contributed by atoms with van der Waals surface area (Å²) in [5, 5.41) is 5.18. The number of nitrogens with zero attached hydrogens (tertiary/aromatic N) is 6. The molecule has 4 aromatic heterocycles. The van der Waals surface area contributed by atoms with Gasteiger partial charge in [0.1, 0.15) is 17.7 Å². The first-order valence-corrected chi connectivity index (χ1v) is 8.98. The smallest absolute Gasteiger partial charge is 0.276 e. The van der Waals surface area contributed by atoms with Gasteiger partial charge in [0, 0.05) is 11.1 Å². The van der Waals surface area contributed by atoms with Crippen LogP contribution in [0.2, 0.25) is 0 Å². The normalized spacial score (nSPS) is 10.7. The quantitative estimate of drug-likeness (QED) is 0.587. The number of hydrogen-bond donors (Lipinski definition) is 1. The topological polar surface area (TPSA) is 98.5 Å². The molecule has 4 aromatic rings. The van der Waals surface area contributed by atoms with E-state index in [-0.39, 0.29) is 5.91 Å². The second-order valence-electron chi connectivity index (χ2n) is 5.91. The van der Waals surface area contributed by atoms with Gasteiger partial charge in [-0.1, -0.05) is 0 Å². The van der Waals surface area contributed by atoms with Gasteiger partial charge in [0.2, 0.25) is 0 Å². The van der Waals surface area contributed by atoms with E-state index in [2.05, 4.69) is 30.2 Å². The third kappa shape index (κ3) is 3.58. The van der Waals surface area contributed by atoms with Gasteiger partial charge in [-0.05, 0) is 31.5 Å². The molecule has 134 valence electrons. The van der Waals surface area contributed by atoms with E-state index in [0.29, 0.717) is 16.5 Å². The van der Waals surface area contributed by atoms with E-state index in [1.54, 1.807) is 23.3 Å². The molecule has 27 heavy (non-hydrogen) atoms. The van der Waals surface area contributed by atoms with E-state index < -0.39 is 0 Å². The number of carbonyl (C=O) groups excluding carboxylic acids is 1. The number of hydrogen-bond acceptors (Lipinski definition) is 7. The maximum Gasteiger partial charge on any atom is 0.276 e. The molecule has 0 aliphatic rings. The number of aryl methyl sites for hydroxylation is 2. The number of nitrogens with one attached hydrogen (secondary N) is 1. The third-order valence-corrected chi connectivity index (χ3v) is 4.54. The van der Waals surface area contributed by atoms with Crippen molar-refractivity contribution in [2.24, 2.45) is 0 Å². The summed E-state index contributed by atoms with van der Waals surface area (Å²) in [6.45, 7) is 3.96. The fourth-order valence-corrected chi connectivity index (χ4v) is 3.37. The molecule has 0 bridgehead atoms. The Bertz CT molecular complexity index is 1080. The van der Waals surface area contributed by atoms with Crippen LogP contribution in [-0.4, -0.2) is 35.4 Å². The van der Waals surface area contributed by atoms with Gasteiger partial charge in [0.05, 0.1) is 36.3 Å². The zero-order valence-electron chi connectivity index (χ0n) is 14.6. The Morgan fingerprint density at radius 2 is 1.85 bits per heavy atom. The molecule has 8 nitrogen and oxygen atoms in total. The lowest BCUT2D eigenvalue weighted by atomic mass is 10.2. The van der Waals surface area contributed by atoms with Crippen molar-refractivity contribution >= 4 is 22.4 Å². The number of thiazole rings is 1. The van der Waals surface area contributed by atoms with E-state index in [1.807, 2.05) is 31.4 Å². The summed E-state index contributed by atoms with van der Waals surface area (Å²) >= 11 is 1.35. The maximum absolute atomic E-state index is 12.7. The van der Waals surface area contributed by atoms with Crippen molar-refractivity contribution in [3.8, 4) is 17.1 Å². The first-order valence-electron chi connectivity index (χ1n) is 8.10. The summed E-state index contributed by atoms with van der Waals surface area (Å²) in [7, 11) is 0. The zero-order valence-corrected chi connectivity index (χ0v) is 15.4. The summed E-state index contributed by atoms with van der Waals surface area (Å²) in [4.78, 5) is 33.6. The SMILES string of the molecule is Cc1cc(C)nc(-c2csc(NC(=O)c3cncn3-c3cncnc3)n2)c1. The summed E-state index contributed by atoms with van der Waals surface area (Å²) < 4.78 is 1.62. The number of anilines is 1. The standard InChI is InChI=1S/C18H15N7OS/c1-11-3-12(2)22-14(4-11)15-8-27-18(23-15)24-17(26)16-7-21-10-25(16)13-5-19-9-20-6-13/h3-10H,1-2H3,(H,23,24,26). The first kappa shape index (κ1) is 17.0. The molecule has 0 aliphatic heterocycles. The van der Waals surface area contributed by atoms with Crippen molar-refractivity contribution in [2.75, 3.05) is 5.32 Å². The van der Waals surface area contributed by atoms with Crippen LogP contribution >= 0.6 is 11.3 Å². The van der Waals surface area contributed by atoms with Crippen LogP contribution in [0.4, 0.5) is 5.13 Å². The molecule has 0 aliphatic carbocycles. The first-order chi connectivity index (χ1) is 13.1. The number of amides is 1. The lowest BCUT2D eigenvalue weighted by molar-refractivity contribution is 0.102. The highest BCUT2D eigenvalue weighted by molar-refractivity contribution is 7.14. The molecule has 0 saturated heterocycles. The van der Waals surface area contributed by atoms with Crippen LogP contribution in [0.15, 0.2) is 48.8 Å². The predicted octanol–water partition coefficient (Wildman–Crippen LogP) is 3.05. The minimum absolute atomic E-state index is 0.314. The van der Waals surface area contributed by atoms with Crippen molar-refractivity contribution < 1.29 is 4.79 Å². The fourth-order valence-electron chi connectivity index (χ4n) is 2.67. The Hall–Kier alpha value is -3.46. The Labute approximate surface area is 159 Å². The highest BCUT2D eigenvalue weighted by Gasteiger charge is 2.16. The van der Waals surface area contributed by atoms with Crippen LogP contribution in [0.5, 0.6) is 0 Å². The van der Waals surface area contributed by atoms with Crippen molar-refractivity contribution in [1.82, 2.24) is 29.5 Å². The number of rotatable bonds is 4. The van der Waals surface area contributed by atoms with E-state index in [9.17, 15) is 4.79 Å². The molecule has 0 unspecified atom stereocenters. The molecule has 1 amide bonds. The molecule has 0 fully saturated rings. The number of pyridine rings is 1. The van der Waals surface area contributed by atoms with Gasteiger partial charge in [-0.15, -0.1) is 11.3 Å². The highest BCUT2D eigenvalue weighted by Crippen LogP contribution is 2.25. The molecule has 1 N–H and O–H groups in total. The number of imidazole rings is 1. The van der Waals surface area contributed by atoms with Crippen LogP contribution < -0.4 is 5.32 Å². The molecule has 0 atom stereocenters. The molecule has 4 rings (SSSR count). The molecule has 0 saturated carbocycles.